The Balaban J connectivity index is 1.37. The number of nitrogens with zero attached hydrogens (tertiary/aromatic N) is 3. The van der Waals surface area contributed by atoms with Crippen molar-refractivity contribution in [3.8, 4) is 11.1 Å². The molecule has 10 heteroatoms. The first-order chi connectivity index (χ1) is 16.0. The molecule has 0 spiro atoms. The normalized spacial score (nSPS) is 23.0. The van der Waals surface area contributed by atoms with Crippen molar-refractivity contribution >= 4 is 23.4 Å². The van der Waals surface area contributed by atoms with Crippen LogP contribution in [0.15, 0.2) is 35.6 Å². The van der Waals surface area contributed by atoms with Crippen LogP contribution in [0.1, 0.15) is 31.0 Å². The lowest BCUT2D eigenvalue weighted by Gasteiger charge is -2.17. The Labute approximate surface area is 189 Å². The fourth-order valence-electron chi connectivity index (χ4n) is 4.43. The van der Waals surface area contributed by atoms with Gasteiger partial charge >= 0.3 is 6.09 Å². The molecule has 33 heavy (non-hydrogen) atoms. The van der Waals surface area contributed by atoms with Crippen molar-refractivity contribution < 1.29 is 28.7 Å². The average molecular weight is 454 g/mol. The summed E-state index contributed by atoms with van der Waals surface area (Å²) in [6, 6.07) is 6.31. The zero-order chi connectivity index (χ0) is 23.1. The Morgan fingerprint density at radius 1 is 1.33 bits per heavy atom. The van der Waals surface area contributed by atoms with Gasteiger partial charge in [-0.1, -0.05) is 18.1 Å². The molecule has 4 heterocycles. The van der Waals surface area contributed by atoms with Crippen LogP contribution in [0.4, 0.5) is 14.9 Å². The van der Waals surface area contributed by atoms with E-state index in [1.165, 1.54) is 11.0 Å². The number of pyridine rings is 1. The van der Waals surface area contributed by atoms with Gasteiger partial charge in [-0.05, 0) is 30.2 Å². The number of ether oxygens (including phenoxy) is 1. The predicted molar refractivity (Wildman–Crippen MR) is 116 cm³/mol. The molecule has 2 unspecified atom stereocenters. The fourth-order valence-corrected chi connectivity index (χ4v) is 4.43. The Kier molecular flexibility index (Phi) is 5.45. The Morgan fingerprint density at radius 3 is 2.88 bits per heavy atom. The SMILES string of the molecule is CCC(=O)NCC1OC(=O)N2c3cc(F)c(-c4ccc(C5=NOC(CO)C5)nc4)cc3C[C@@H]12. The van der Waals surface area contributed by atoms with E-state index in [4.69, 9.17) is 9.57 Å². The summed E-state index contributed by atoms with van der Waals surface area (Å²) in [5.41, 5.74) is 3.55. The highest BCUT2D eigenvalue weighted by Gasteiger charge is 2.47. The zero-order valence-corrected chi connectivity index (χ0v) is 18.0. The molecular weight excluding hydrogens is 431 g/mol. The summed E-state index contributed by atoms with van der Waals surface area (Å²) in [7, 11) is 0. The monoisotopic (exact) mass is 454 g/mol. The molecule has 172 valence electrons. The van der Waals surface area contributed by atoms with Crippen LogP contribution in [-0.2, 0) is 20.8 Å². The van der Waals surface area contributed by atoms with Crippen LogP contribution >= 0.6 is 0 Å². The van der Waals surface area contributed by atoms with Crippen molar-refractivity contribution in [1.82, 2.24) is 10.3 Å². The highest BCUT2D eigenvalue weighted by Crippen LogP contribution is 2.41. The summed E-state index contributed by atoms with van der Waals surface area (Å²) < 4.78 is 20.5. The second-order valence-corrected chi connectivity index (χ2v) is 8.27. The molecule has 3 aliphatic rings. The summed E-state index contributed by atoms with van der Waals surface area (Å²) in [6.45, 7) is 1.85. The van der Waals surface area contributed by atoms with Crippen LogP contribution in [0.2, 0.25) is 0 Å². The largest absolute Gasteiger partial charge is 0.442 e. The Hall–Kier alpha value is -3.53. The second-order valence-electron chi connectivity index (χ2n) is 8.27. The summed E-state index contributed by atoms with van der Waals surface area (Å²) in [5.74, 6) is -0.590. The molecule has 1 fully saturated rings. The van der Waals surface area contributed by atoms with E-state index in [0.717, 1.165) is 5.56 Å². The summed E-state index contributed by atoms with van der Waals surface area (Å²) in [5, 5.41) is 15.9. The highest BCUT2D eigenvalue weighted by molar-refractivity contribution is 6.00. The van der Waals surface area contributed by atoms with E-state index in [1.807, 2.05) is 0 Å². The van der Waals surface area contributed by atoms with Crippen molar-refractivity contribution in [2.75, 3.05) is 18.1 Å². The average Bonchev–Trinajstić information content (AvgIpc) is 3.52. The van der Waals surface area contributed by atoms with Crippen LogP contribution in [0.25, 0.3) is 11.1 Å². The van der Waals surface area contributed by atoms with E-state index < -0.39 is 18.0 Å². The minimum Gasteiger partial charge on any atom is -0.442 e. The number of anilines is 1. The molecule has 1 aromatic heterocycles. The number of hydrogen-bond acceptors (Lipinski definition) is 7. The third kappa shape index (κ3) is 3.80. The second kappa shape index (κ2) is 8.43. The number of carbonyl (C=O) groups excluding carboxylic acids is 2. The van der Waals surface area contributed by atoms with E-state index in [0.29, 0.717) is 47.5 Å². The van der Waals surface area contributed by atoms with Crippen LogP contribution in [0.3, 0.4) is 0 Å². The van der Waals surface area contributed by atoms with Crippen LogP contribution in [-0.4, -0.2) is 59.2 Å². The van der Waals surface area contributed by atoms with Gasteiger partial charge in [0.25, 0.3) is 0 Å². The van der Waals surface area contributed by atoms with Crippen molar-refractivity contribution in [2.24, 2.45) is 5.16 Å². The minimum atomic E-state index is -0.534. The number of fused-ring (bicyclic) bond motifs is 3. The molecule has 0 aliphatic carbocycles. The molecule has 2 aromatic rings. The number of oxime groups is 1. The van der Waals surface area contributed by atoms with Crippen LogP contribution in [0.5, 0.6) is 0 Å². The van der Waals surface area contributed by atoms with Gasteiger partial charge in [-0.25, -0.2) is 9.18 Å². The fraction of sp³-hybridized carbons (Fsp3) is 0.391. The van der Waals surface area contributed by atoms with Gasteiger partial charge < -0.3 is 20.0 Å². The lowest BCUT2D eigenvalue weighted by Crippen LogP contribution is -2.40. The third-order valence-corrected chi connectivity index (χ3v) is 6.19. The minimum absolute atomic E-state index is 0.119. The van der Waals surface area contributed by atoms with E-state index in [2.05, 4.69) is 15.5 Å². The summed E-state index contributed by atoms with van der Waals surface area (Å²) in [4.78, 5) is 35.0. The molecule has 3 atom stereocenters. The van der Waals surface area contributed by atoms with Crippen LogP contribution < -0.4 is 10.2 Å². The van der Waals surface area contributed by atoms with Gasteiger partial charge in [0.15, 0.2) is 6.10 Å². The maximum atomic E-state index is 15.1. The highest BCUT2D eigenvalue weighted by atomic mass is 19.1. The predicted octanol–water partition coefficient (Wildman–Crippen LogP) is 2.15. The Bertz CT molecular complexity index is 1140. The molecule has 0 saturated carbocycles. The molecule has 1 saturated heterocycles. The van der Waals surface area contributed by atoms with Crippen LogP contribution in [0, 0.1) is 5.82 Å². The molecule has 1 aromatic carbocycles. The van der Waals surface area contributed by atoms with Crippen molar-refractivity contribution in [3.05, 3.63) is 47.5 Å². The molecule has 2 amide bonds. The lowest BCUT2D eigenvalue weighted by atomic mass is 9.99. The summed E-state index contributed by atoms with van der Waals surface area (Å²) in [6.07, 6.45) is 1.49. The Morgan fingerprint density at radius 2 is 2.18 bits per heavy atom. The third-order valence-electron chi connectivity index (χ3n) is 6.19. The number of benzene rings is 1. The number of nitrogens with one attached hydrogen (secondary N) is 1. The number of aliphatic hydroxyl groups is 1. The standard InChI is InChI=1S/C23H23FN4O5/c1-2-22(30)26-10-21-20-6-13-5-15(16(24)8-19(13)28(20)23(31)32-21)12-3-4-17(25-9-12)18-7-14(11-29)33-27-18/h3-5,8-9,14,20-21,29H,2,6-7,10-11H2,1H3,(H,26,30)/t14?,20-,21?/m0/s1. The number of carbonyl (C=O) groups is 2. The van der Waals surface area contributed by atoms with E-state index in [9.17, 15) is 14.7 Å². The maximum Gasteiger partial charge on any atom is 0.415 e. The number of aromatic nitrogens is 1. The lowest BCUT2D eigenvalue weighted by molar-refractivity contribution is -0.121. The molecule has 0 radical (unpaired) electrons. The number of hydrogen-bond donors (Lipinski definition) is 2. The number of aliphatic hydroxyl groups excluding tert-OH is 1. The first kappa shape index (κ1) is 21.3. The number of amides is 2. The first-order valence-corrected chi connectivity index (χ1v) is 10.9. The molecule has 0 bridgehead atoms. The zero-order valence-electron chi connectivity index (χ0n) is 18.0. The van der Waals surface area contributed by atoms with E-state index >= 15 is 4.39 Å². The van der Waals surface area contributed by atoms with Gasteiger partial charge in [0, 0.05) is 30.2 Å². The smallest absolute Gasteiger partial charge is 0.415 e. The molecular formula is C23H23FN4O5. The van der Waals surface area contributed by atoms with Crippen molar-refractivity contribution in [1.29, 1.82) is 0 Å². The van der Waals surface area contributed by atoms with Crippen molar-refractivity contribution in [2.45, 2.75) is 44.4 Å². The quantitative estimate of drug-likeness (QED) is 0.692. The first-order valence-electron chi connectivity index (χ1n) is 10.9. The van der Waals surface area contributed by atoms with Gasteiger partial charge in [-0.15, -0.1) is 0 Å². The van der Waals surface area contributed by atoms with E-state index in [-0.39, 0.29) is 31.2 Å². The van der Waals surface area contributed by atoms with Gasteiger partial charge in [0.2, 0.25) is 5.91 Å². The van der Waals surface area contributed by atoms with Gasteiger partial charge in [0.1, 0.15) is 17.6 Å². The molecule has 2 N–H and O–H groups in total. The number of halogens is 1. The van der Waals surface area contributed by atoms with Gasteiger partial charge in [0.05, 0.1) is 30.6 Å². The summed E-state index contributed by atoms with van der Waals surface area (Å²) >= 11 is 0. The molecule has 9 nitrogen and oxygen atoms in total. The van der Waals surface area contributed by atoms with Gasteiger partial charge in [-0.3, -0.25) is 14.7 Å². The molecule has 3 aliphatic heterocycles. The van der Waals surface area contributed by atoms with Crippen molar-refractivity contribution in [3.63, 3.8) is 0 Å². The van der Waals surface area contributed by atoms with Gasteiger partial charge in [-0.2, -0.15) is 0 Å². The number of cyclic esters (lactones) is 1. The number of rotatable bonds is 6. The topological polar surface area (TPSA) is 113 Å². The van der Waals surface area contributed by atoms with E-state index in [1.54, 1.807) is 31.3 Å². The molecule has 5 rings (SSSR count). The maximum absolute atomic E-state index is 15.1.